The lowest BCUT2D eigenvalue weighted by molar-refractivity contribution is -0.141. The predicted octanol–water partition coefficient (Wildman–Crippen LogP) is 5.35. The third-order valence-corrected chi connectivity index (χ3v) is 6.97. The lowest BCUT2D eigenvalue weighted by Crippen LogP contribution is -2.35. The second-order valence-corrected chi connectivity index (χ2v) is 9.80. The number of fused-ring (bicyclic) bond motifs is 1. The second kappa shape index (κ2) is 11.1. The van der Waals surface area contributed by atoms with Crippen LogP contribution >= 0.6 is 0 Å². The number of nitrogens with zero attached hydrogens (tertiary/aromatic N) is 5. The van der Waals surface area contributed by atoms with Gasteiger partial charge in [0.25, 0.3) is 5.91 Å². The Balaban J connectivity index is 1.28. The van der Waals surface area contributed by atoms with E-state index < -0.39 is 35.6 Å². The van der Waals surface area contributed by atoms with Gasteiger partial charge in [-0.15, -0.1) is 0 Å². The van der Waals surface area contributed by atoms with Crippen molar-refractivity contribution in [2.75, 3.05) is 11.4 Å². The molecule has 2 aromatic carbocycles. The summed E-state index contributed by atoms with van der Waals surface area (Å²) in [5, 5.41) is 6.44. The van der Waals surface area contributed by atoms with Gasteiger partial charge >= 0.3 is 12.4 Å². The maximum atomic E-state index is 13.3. The van der Waals surface area contributed by atoms with Crippen LogP contribution in [0.1, 0.15) is 51.5 Å². The standard InChI is InChI=1S/C28H25F6N7O/c1-16(17-2-4-18(5-3-17)22-12-20(27(29,30)31)7-6-19(22)14-35)37-25(42)23-8-9-36-26(38-23)40-10-11-41-21(15-40)13-24(39-41)28(32,33)34/h2-9,12-13,16H,10-11,14-15,35H2,1H3,(H,37,42)/t16-/m1/s1. The molecule has 3 heterocycles. The van der Waals surface area contributed by atoms with Crippen molar-refractivity contribution in [1.29, 1.82) is 0 Å². The topological polar surface area (TPSA) is 102 Å². The molecule has 220 valence electrons. The van der Waals surface area contributed by atoms with Crippen molar-refractivity contribution in [2.24, 2.45) is 5.73 Å². The van der Waals surface area contributed by atoms with E-state index in [4.69, 9.17) is 5.73 Å². The number of rotatable bonds is 6. The first-order valence-corrected chi connectivity index (χ1v) is 12.9. The van der Waals surface area contributed by atoms with Gasteiger partial charge in [-0.1, -0.05) is 30.3 Å². The van der Waals surface area contributed by atoms with E-state index in [1.54, 1.807) is 36.1 Å². The number of aromatic nitrogens is 4. The number of halogens is 6. The fourth-order valence-electron chi connectivity index (χ4n) is 4.71. The number of benzene rings is 2. The monoisotopic (exact) mass is 589 g/mol. The zero-order valence-corrected chi connectivity index (χ0v) is 22.2. The maximum absolute atomic E-state index is 13.3. The van der Waals surface area contributed by atoms with E-state index in [2.05, 4.69) is 20.4 Å². The number of nitrogens with two attached hydrogens (primary N) is 1. The molecule has 0 fully saturated rings. The predicted molar refractivity (Wildman–Crippen MR) is 141 cm³/mol. The third kappa shape index (κ3) is 6.08. The Labute approximate surface area is 236 Å². The molecule has 8 nitrogen and oxygen atoms in total. The van der Waals surface area contributed by atoms with E-state index in [1.807, 2.05) is 0 Å². The summed E-state index contributed by atoms with van der Waals surface area (Å²) < 4.78 is 80.2. The molecule has 0 aliphatic carbocycles. The molecule has 0 saturated heterocycles. The zero-order chi connectivity index (χ0) is 30.2. The SMILES string of the molecule is C[C@@H](NC(=O)c1ccnc(N2CCn3nc(C(F)(F)F)cc3C2)n1)c1ccc(-c2cc(C(F)(F)F)ccc2CN)cc1. The summed E-state index contributed by atoms with van der Waals surface area (Å²) >= 11 is 0. The van der Waals surface area contributed by atoms with Gasteiger partial charge < -0.3 is 16.0 Å². The van der Waals surface area contributed by atoms with E-state index in [-0.39, 0.29) is 31.3 Å². The van der Waals surface area contributed by atoms with Gasteiger partial charge in [-0.05, 0) is 53.4 Å². The van der Waals surface area contributed by atoms with Crippen LogP contribution in [0.5, 0.6) is 0 Å². The molecule has 1 aliphatic heterocycles. The molecule has 1 atom stereocenters. The van der Waals surface area contributed by atoms with Crippen LogP contribution in [0.3, 0.4) is 0 Å². The normalized spacial score (nSPS) is 14.4. The van der Waals surface area contributed by atoms with Crippen molar-refractivity contribution in [1.82, 2.24) is 25.1 Å². The van der Waals surface area contributed by atoms with E-state index in [0.29, 0.717) is 34.5 Å². The smallest absolute Gasteiger partial charge is 0.344 e. The molecule has 0 unspecified atom stereocenters. The van der Waals surface area contributed by atoms with Gasteiger partial charge in [0.1, 0.15) is 5.69 Å². The van der Waals surface area contributed by atoms with Gasteiger partial charge in [0, 0.05) is 19.3 Å². The number of hydrogen-bond acceptors (Lipinski definition) is 6. The van der Waals surface area contributed by atoms with E-state index in [9.17, 15) is 31.1 Å². The van der Waals surface area contributed by atoms with Crippen LogP contribution in [0.2, 0.25) is 0 Å². The Morgan fingerprint density at radius 3 is 2.40 bits per heavy atom. The average Bonchev–Trinajstić information content (AvgIpc) is 3.41. The summed E-state index contributed by atoms with van der Waals surface area (Å²) in [5.41, 5.74) is 6.61. The highest BCUT2D eigenvalue weighted by atomic mass is 19.4. The molecular weight excluding hydrogens is 564 g/mol. The Morgan fingerprint density at radius 1 is 1.00 bits per heavy atom. The molecule has 0 bridgehead atoms. The highest BCUT2D eigenvalue weighted by molar-refractivity contribution is 5.92. The molecule has 0 radical (unpaired) electrons. The Kier molecular flexibility index (Phi) is 7.66. The maximum Gasteiger partial charge on any atom is 0.435 e. The fourth-order valence-corrected chi connectivity index (χ4v) is 4.71. The van der Waals surface area contributed by atoms with Crippen molar-refractivity contribution >= 4 is 11.9 Å². The first kappa shape index (κ1) is 29.0. The number of amides is 1. The van der Waals surface area contributed by atoms with E-state index >= 15 is 0 Å². The molecule has 1 amide bonds. The summed E-state index contributed by atoms with van der Waals surface area (Å²) in [6.45, 7) is 2.41. The fraction of sp³-hybridized carbons (Fsp3) is 0.286. The van der Waals surface area contributed by atoms with Crippen molar-refractivity contribution < 1.29 is 31.1 Å². The molecule has 3 N–H and O–H groups in total. The molecule has 14 heteroatoms. The number of carbonyl (C=O) groups is 1. The summed E-state index contributed by atoms with van der Waals surface area (Å²) in [6, 6.07) is 12.1. The van der Waals surface area contributed by atoms with Crippen molar-refractivity contribution in [3.8, 4) is 11.1 Å². The minimum Gasteiger partial charge on any atom is -0.344 e. The van der Waals surface area contributed by atoms with Crippen LogP contribution in [0.15, 0.2) is 60.8 Å². The molecule has 5 rings (SSSR count). The summed E-state index contributed by atoms with van der Waals surface area (Å²) in [5.74, 6) is -0.308. The van der Waals surface area contributed by atoms with Crippen LogP contribution in [-0.2, 0) is 32.0 Å². The molecule has 0 spiro atoms. The van der Waals surface area contributed by atoms with Gasteiger partial charge in [0.15, 0.2) is 5.69 Å². The first-order valence-electron chi connectivity index (χ1n) is 12.9. The number of nitrogens with one attached hydrogen (secondary N) is 1. The lowest BCUT2D eigenvalue weighted by Gasteiger charge is -2.27. The Hall–Kier alpha value is -4.46. The summed E-state index contributed by atoms with van der Waals surface area (Å²) in [7, 11) is 0. The molecule has 1 aliphatic rings. The minimum atomic E-state index is -4.55. The third-order valence-electron chi connectivity index (χ3n) is 6.97. The van der Waals surface area contributed by atoms with Gasteiger partial charge in [0.05, 0.1) is 30.4 Å². The summed E-state index contributed by atoms with van der Waals surface area (Å²) in [6.07, 6.45) is -7.64. The largest absolute Gasteiger partial charge is 0.435 e. The van der Waals surface area contributed by atoms with Crippen LogP contribution in [-0.4, -0.2) is 32.2 Å². The van der Waals surface area contributed by atoms with E-state index in [0.717, 1.165) is 18.2 Å². The molecule has 4 aromatic rings. The quantitative estimate of drug-likeness (QED) is 0.294. The number of anilines is 1. The van der Waals surface area contributed by atoms with Crippen molar-refractivity contribution in [3.05, 3.63) is 94.6 Å². The van der Waals surface area contributed by atoms with Crippen LogP contribution in [0.25, 0.3) is 11.1 Å². The van der Waals surface area contributed by atoms with E-state index in [1.165, 1.54) is 23.0 Å². The second-order valence-electron chi connectivity index (χ2n) is 9.80. The molecule has 0 saturated carbocycles. The van der Waals surface area contributed by atoms with Gasteiger partial charge in [-0.25, -0.2) is 9.97 Å². The number of carbonyl (C=O) groups excluding carboxylic acids is 1. The molecule has 42 heavy (non-hydrogen) atoms. The number of hydrogen-bond donors (Lipinski definition) is 2. The Bertz CT molecular complexity index is 1600. The van der Waals surface area contributed by atoms with Crippen molar-refractivity contribution in [3.63, 3.8) is 0 Å². The first-order chi connectivity index (χ1) is 19.8. The molecular formula is C28H25F6N7O. The van der Waals surface area contributed by atoms with Gasteiger partial charge in [-0.2, -0.15) is 31.4 Å². The average molecular weight is 590 g/mol. The number of alkyl halides is 6. The molecule has 2 aromatic heterocycles. The van der Waals surface area contributed by atoms with Gasteiger partial charge in [-0.3, -0.25) is 9.48 Å². The van der Waals surface area contributed by atoms with Crippen LogP contribution < -0.4 is 16.0 Å². The van der Waals surface area contributed by atoms with Crippen molar-refractivity contribution in [2.45, 2.75) is 45.0 Å². The highest BCUT2D eigenvalue weighted by Gasteiger charge is 2.36. The summed E-state index contributed by atoms with van der Waals surface area (Å²) in [4.78, 5) is 23.2. The zero-order valence-electron chi connectivity index (χ0n) is 22.2. The van der Waals surface area contributed by atoms with Crippen LogP contribution in [0, 0.1) is 0 Å². The minimum absolute atomic E-state index is 0.0649. The lowest BCUT2D eigenvalue weighted by atomic mass is 9.95. The Morgan fingerprint density at radius 2 is 1.74 bits per heavy atom. The highest BCUT2D eigenvalue weighted by Crippen LogP contribution is 2.34. The van der Waals surface area contributed by atoms with Crippen LogP contribution in [0.4, 0.5) is 32.3 Å². The van der Waals surface area contributed by atoms with Gasteiger partial charge in [0.2, 0.25) is 5.95 Å².